The zero-order valence-corrected chi connectivity index (χ0v) is 17.3. The molecule has 0 saturated heterocycles. The number of nitrogens with zero attached hydrogens (tertiary/aromatic N) is 1. The van der Waals surface area contributed by atoms with E-state index in [1.807, 2.05) is 38.1 Å². The van der Waals surface area contributed by atoms with Gasteiger partial charge < -0.3 is 15.0 Å². The molecule has 2 N–H and O–H groups in total. The fourth-order valence-electron chi connectivity index (χ4n) is 2.26. The molecular weight excluding hydrogens is 362 g/mol. The molecule has 2 aromatic rings. The Morgan fingerprint density at radius 1 is 1.26 bits per heavy atom. The molecular formula is C20H27N3O3S. The molecule has 6 nitrogen and oxygen atoms in total. The highest BCUT2D eigenvalue weighted by atomic mass is 32.2. The number of benzene rings is 1. The van der Waals surface area contributed by atoms with E-state index in [1.165, 1.54) is 23.4 Å². The number of thioether (sulfide) groups is 1. The lowest BCUT2D eigenvalue weighted by Crippen LogP contribution is -2.17. The van der Waals surface area contributed by atoms with Gasteiger partial charge in [-0.1, -0.05) is 44.7 Å². The lowest BCUT2D eigenvalue weighted by Gasteiger charge is -2.19. The maximum absolute atomic E-state index is 12.2. The molecule has 7 heteroatoms. The van der Waals surface area contributed by atoms with Gasteiger partial charge >= 0.3 is 0 Å². The first-order valence-corrected chi connectivity index (χ1v) is 9.87. The van der Waals surface area contributed by atoms with Crippen molar-refractivity contribution >= 4 is 23.4 Å². The molecule has 0 atom stereocenters. The Morgan fingerprint density at radius 2 is 1.93 bits per heavy atom. The monoisotopic (exact) mass is 389 g/mol. The Bertz CT molecular complexity index is 824. The molecule has 0 radical (unpaired) electrons. The summed E-state index contributed by atoms with van der Waals surface area (Å²) in [6.45, 7) is 10.5. The van der Waals surface area contributed by atoms with Gasteiger partial charge in [-0.3, -0.25) is 9.59 Å². The maximum atomic E-state index is 12.2. The van der Waals surface area contributed by atoms with Crippen molar-refractivity contribution in [2.45, 2.75) is 57.9 Å². The number of rotatable bonds is 7. The van der Waals surface area contributed by atoms with Gasteiger partial charge in [-0.25, -0.2) is 4.98 Å². The molecule has 1 heterocycles. The van der Waals surface area contributed by atoms with Gasteiger partial charge in [0.2, 0.25) is 5.91 Å². The number of anilines is 1. The summed E-state index contributed by atoms with van der Waals surface area (Å²) >= 11 is 1.18. The number of nitrogens with one attached hydrogen (secondary N) is 2. The highest BCUT2D eigenvalue weighted by molar-refractivity contribution is 7.99. The number of aromatic amines is 1. The Kier molecular flexibility index (Phi) is 7.21. The number of hydrogen-bond acceptors (Lipinski definition) is 5. The molecule has 27 heavy (non-hydrogen) atoms. The van der Waals surface area contributed by atoms with Crippen molar-refractivity contribution in [2.75, 3.05) is 11.1 Å². The molecule has 146 valence electrons. The lowest BCUT2D eigenvalue weighted by molar-refractivity contribution is -0.113. The van der Waals surface area contributed by atoms with E-state index in [0.717, 1.165) is 5.69 Å². The second-order valence-electron chi connectivity index (χ2n) is 7.57. The minimum absolute atomic E-state index is 0.0534. The largest absolute Gasteiger partial charge is 0.373 e. The van der Waals surface area contributed by atoms with Crippen LogP contribution in [0.25, 0.3) is 0 Å². The molecule has 0 aliphatic rings. The molecule has 1 amide bonds. The average Bonchev–Trinajstić information content (AvgIpc) is 2.57. The van der Waals surface area contributed by atoms with Crippen LogP contribution in [-0.4, -0.2) is 27.7 Å². The predicted molar refractivity (Wildman–Crippen MR) is 109 cm³/mol. The average molecular weight is 390 g/mol. The third-order valence-electron chi connectivity index (χ3n) is 3.71. The van der Waals surface area contributed by atoms with Crippen LogP contribution in [0.4, 0.5) is 5.69 Å². The van der Waals surface area contributed by atoms with E-state index in [9.17, 15) is 9.59 Å². The summed E-state index contributed by atoms with van der Waals surface area (Å²) < 4.78 is 5.47. The third-order valence-corrected chi connectivity index (χ3v) is 4.59. The van der Waals surface area contributed by atoms with Crippen LogP contribution in [0.5, 0.6) is 0 Å². The first-order chi connectivity index (χ1) is 12.6. The normalized spacial score (nSPS) is 11.6. The summed E-state index contributed by atoms with van der Waals surface area (Å²) in [5.41, 5.74) is 2.31. The smallest absolute Gasteiger partial charge is 0.251 e. The fourth-order valence-corrected chi connectivity index (χ4v) is 2.96. The van der Waals surface area contributed by atoms with Gasteiger partial charge in [-0.15, -0.1) is 0 Å². The topological polar surface area (TPSA) is 84.1 Å². The highest BCUT2D eigenvalue weighted by Crippen LogP contribution is 2.23. The Balaban J connectivity index is 1.92. The van der Waals surface area contributed by atoms with Gasteiger partial charge in [0, 0.05) is 11.8 Å². The number of hydrogen-bond donors (Lipinski definition) is 2. The third kappa shape index (κ3) is 7.19. The standard InChI is InChI=1S/C20H27N3O3S/c1-13(2)26-11-16-10-17(24)23-19(22-16)27-12-18(25)21-15-8-6-14(7-9-15)20(3,4)5/h6-10,13H,11-12H2,1-5H3,(H,21,25)(H,22,23,24). The van der Waals surface area contributed by atoms with Gasteiger partial charge in [0.25, 0.3) is 5.56 Å². The highest BCUT2D eigenvalue weighted by Gasteiger charge is 2.13. The number of ether oxygens (including phenoxy) is 1. The quantitative estimate of drug-likeness (QED) is 0.557. The Labute approximate surface area is 164 Å². The van der Waals surface area contributed by atoms with Gasteiger partial charge in [0.1, 0.15) is 0 Å². The van der Waals surface area contributed by atoms with Gasteiger partial charge in [0.05, 0.1) is 24.2 Å². The van der Waals surface area contributed by atoms with Crippen molar-refractivity contribution in [3.63, 3.8) is 0 Å². The van der Waals surface area contributed by atoms with Crippen LogP contribution >= 0.6 is 11.8 Å². The van der Waals surface area contributed by atoms with Crippen LogP contribution in [-0.2, 0) is 21.6 Å². The molecule has 0 aliphatic carbocycles. The number of aromatic nitrogens is 2. The fraction of sp³-hybridized carbons (Fsp3) is 0.450. The van der Waals surface area contributed by atoms with Crippen molar-refractivity contribution < 1.29 is 9.53 Å². The van der Waals surface area contributed by atoms with Crippen LogP contribution < -0.4 is 10.9 Å². The Morgan fingerprint density at radius 3 is 2.52 bits per heavy atom. The van der Waals surface area contributed by atoms with E-state index in [0.29, 0.717) is 10.9 Å². The van der Waals surface area contributed by atoms with E-state index < -0.39 is 0 Å². The van der Waals surface area contributed by atoms with E-state index in [-0.39, 0.29) is 35.3 Å². The van der Waals surface area contributed by atoms with E-state index in [1.54, 1.807) is 0 Å². The van der Waals surface area contributed by atoms with Crippen LogP contribution in [0.1, 0.15) is 45.9 Å². The van der Waals surface area contributed by atoms with E-state index in [4.69, 9.17) is 4.74 Å². The molecule has 0 aliphatic heterocycles. The summed E-state index contributed by atoms with van der Waals surface area (Å²) in [4.78, 5) is 30.9. The van der Waals surface area contributed by atoms with E-state index in [2.05, 4.69) is 36.1 Å². The van der Waals surface area contributed by atoms with Crippen LogP contribution in [0, 0.1) is 0 Å². The lowest BCUT2D eigenvalue weighted by atomic mass is 9.87. The molecule has 0 bridgehead atoms. The molecule has 2 rings (SSSR count). The van der Waals surface area contributed by atoms with Crippen molar-refractivity contribution in [2.24, 2.45) is 0 Å². The summed E-state index contributed by atoms with van der Waals surface area (Å²) in [7, 11) is 0. The van der Waals surface area contributed by atoms with Crippen LogP contribution in [0.15, 0.2) is 40.3 Å². The minimum atomic E-state index is -0.256. The predicted octanol–water partition coefficient (Wildman–Crippen LogP) is 3.72. The van der Waals surface area contributed by atoms with Crippen molar-refractivity contribution in [3.05, 3.63) is 51.9 Å². The first kappa shape index (κ1) is 21.2. The maximum Gasteiger partial charge on any atom is 0.251 e. The molecule has 1 aromatic heterocycles. The number of carbonyl (C=O) groups excluding carboxylic acids is 1. The van der Waals surface area contributed by atoms with Crippen LogP contribution in [0.2, 0.25) is 0 Å². The molecule has 0 unspecified atom stereocenters. The summed E-state index contributed by atoms with van der Waals surface area (Å²) in [6.07, 6.45) is 0.0534. The van der Waals surface area contributed by atoms with Crippen molar-refractivity contribution in [1.82, 2.24) is 9.97 Å². The van der Waals surface area contributed by atoms with Gasteiger partial charge in [0.15, 0.2) is 5.16 Å². The number of H-pyrrole nitrogens is 1. The first-order valence-electron chi connectivity index (χ1n) is 8.88. The summed E-state index contributed by atoms with van der Waals surface area (Å²) in [6, 6.07) is 9.23. The SMILES string of the molecule is CC(C)OCc1cc(=O)[nH]c(SCC(=O)Nc2ccc(C(C)(C)C)cc2)n1. The van der Waals surface area contributed by atoms with E-state index >= 15 is 0 Å². The zero-order valence-electron chi connectivity index (χ0n) is 16.5. The zero-order chi connectivity index (χ0) is 20.0. The molecule has 0 saturated carbocycles. The minimum Gasteiger partial charge on any atom is -0.373 e. The Hall–Kier alpha value is -2.12. The second kappa shape index (κ2) is 9.19. The van der Waals surface area contributed by atoms with Crippen LogP contribution in [0.3, 0.4) is 0 Å². The molecule has 0 spiro atoms. The number of carbonyl (C=O) groups is 1. The second-order valence-corrected chi connectivity index (χ2v) is 8.53. The van der Waals surface area contributed by atoms with Crippen molar-refractivity contribution in [1.29, 1.82) is 0 Å². The molecule has 0 fully saturated rings. The van der Waals surface area contributed by atoms with Gasteiger partial charge in [-0.05, 0) is 37.0 Å². The summed E-state index contributed by atoms with van der Waals surface area (Å²) in [5, 5.41) is 3.26. The molecule has 1 aromatic carbocycles. The van der Waals surface area contributed by atoms with Crippen molar-refractivity contribution in [3.8, 4) is 0 Å². The van der Waals surface area contributed by atoms with Gasteiger partial charge in [-0.2, -0.15) is 0 Å². The summed E-state index contributed by atoms with van der Waals surface area (Å²) in [5.74, 6) is -0.00617. The number of amides is 1.